The first-order valence-corrected chi connectivity index (χ1v) is 7.39. The van der Waals surface area contributed by atoms with Gasteiger partial charge in [-0.1, -0.05) is 29.8 Å². The number of carbonyl (C=O) groups excluding carboxylic acids is 1. The van der Waals surface area contributed by atoms with E-state index in [0.717, 1.165) is 5.56 Å². The summed E-state index contributed by atoms with van der Waals surface area (Å²) in [5.41, 5.74) is 1.55. The minimum absolute atomic E-state index is 0.274. The zero-order chi connectivity index (χ0) is 15.7. The molecule has 0 aliphatic carbocycles. The van der Waals surface area contributed by atoms with E-state index in [9.17, 15) is 9.90 Å². The number of anilines is 1. The highest BCUT2D eigenvalue weighted by atomic mass is 35.5. The number of aliphatic hydroxyl groups excluding tert-OH is 1. The first-order valence-electron chi connectivity index (χ1n) is 7.01. The number of aliphatic hydroxyl groups is 1. The van der Waals surface area contributed by atoms with Gasteiger partial charge in [-0.25, -0.2) is 0 Å². The molecule has 2 atom stereocenters. The zero-order valence-electron chi connectivity index (χ0n) is 12.1. The van der Waals surface area contributed by atoms with Crippen LogP contribution < -0.4 is 9.64 Å². The number of rotatable bonds is 3. The minimum Gasteiger partial charge on any atom is -0.497 e. The van der Waals surface area contributed by atoms with Crippen LogP contribution in [0.15, 0.2) is 48.5 Å². The van der Waals surface area contributed by atoms with Gasteiger partial charge in [0.05, 0.1) is 13.2 Å². The Morgan fingerprint density at radius 2 is 1.86 bits per heavy atom. The second-order valence-electron chi connectivity index (χ2n) is 5.20. The lowest BCUT2D eigenvalue weighted by Crippen LogP contribution is -2.30. The molecular weight excluding hydrogens is 302 g/mol. The summed E-state index contributed by atoms with van der Waals surface area (Å²) in [4.78, 5) is 14.0. The standard InChI is InChI=1S/C17H16ClNO3/c1-22-12-8-6-11(7-9-12)19-15(10-16(20)17(19)21)13-4-2-3-5-14(13)18/h2-9,15-16,20H,10H2,1H3/t15-,16+/m1/s1. The topological polar surface area (TPSA) is 49.8 Å². The van der Waals surface area contributed by atoms with Crippen molar-refractivity contribution in [1.29, 1.82) is 0 Å². The van der Waals surface area contributed by atoms with Crippen molar-refractivity contribution in [3.8, 4) is 5.75 Å². The van der Waals surface area contributed by atoms with Crippen molar-refractivity contribution >= 4 is 23.2 Å². The summed E-state index contributed by atoms with van der Waals surface area (Å²) in [7, 11) is 1.59. The van der Waals surface area contributed by atoms with Gasteiger partial charge in [0.25, 0.3) is 5.91 Å². The van der Waals surface area contributed by atoms with Gasteiger partial charge in [0, 0.05) is 17.1 Å². The van der Waals surface area contributed by atoms with Crippen molar-refractivity contribution in [2.45, 2.75) is 18.6 Å². The molecule has 114 valence electrons. The molecular formula is C17H16ClNO3. The third-order valence-electron chi connectivity index (χ3n) is 3.90. The van der Waals surface area contributed by atoms with Gasteiger partial charge in [0.15, 0.2) is 0 Å². The largest absolute Gasteiger partial charge is 0.497 e. The highest BCUT2D eigenvalue weighted by Gasteiger charge is 2.40. The molecule has 1 aliphatic heterocycles. The van der Waals surface area contributed by atoms with Gasteiger partial charge >= 0.3 is 0 Å². The highest BCUT2D eigenvalue weighted by Crippen LogP contribution is 2.40. The summed E-state index contributed by atoms with van der Waals surface area (Å²) in [6, 6.07) is 14.3. The van der Waals surface area contributed by atoms with E-state index in [4.69, 9.17) is 16.3 Å². The SMILES string of the molecule is COc1ccc(N2C(=O)[C@@H](O)C[C@@H]2c2ccccc2Cl)cc1. The van der Waals surface area contributed by atoms with Crippen LogP contribution in [-0.4, -0.2) is 24.2 Å². The Kier molecular flexibility index (Phi) is 4.05. The molecule has 1 heterocycles. The van der Waals surface area contributed by atoms with Crippen LogP contribution in [0.5, 0.6) is 5.75 Å². The Bertz CT molecular complexity index is 687. The second-order valence-corrected chi connectivity index (χ2v) is 5.60. The van der Waals surface area contributed by atoms with Gasteiger partial charge in [0.2, 0.25) is 0 Å². The fraction of sp³-hybridized carbons (Fsp3) is 0.235. The van der Waals surface area contributed by atoms with Crippen molar-refractivity contribution in [3.63, 3.8) is 0 Å². The van der Waals surface area contributed by atoms with E-state index in [2.05, 4.69) is 0 Å². The van der Waals surface area contributed by atoms with Gasteiger partial charge in [-0.05, 0) is 35.9 Å². The van der Waals surface area contributed by atoms with Gasteiger partial charge in [-0.15, -0.1) is 0 Å². The van der Waals surface area contributed by atoms with Crippen LogP contribution in [0, 0.1) is 0 Å². The van der Waals surface area contributed by atoms with Gasteiger partial charge in [0.1, 0.15) is 11.9 Å². The zero-order valence-corrected chi connectivity index (χ0v) is 12.8. The smallest absolute Gasteiger partial charge is 0.256 e. The third kappa shape index (κ3) is 2.56. The number of carbonyl (C=O) groups is 1. The molecule has 0 aromatic heterocycles. The molecule has 5 heteroatoms. The molecule has 1 amide bonds. The highest BCUT2D eigenvalue weighted by molar-refractivity contribution is 6.31. The second kappa shape index (κ2) is 5.99. The van der Waals surface area contributed by atoms with E-state index in [1.54, 1.807) is 42.3 Å². The predicted molar refractivity (Wildman–Crippen MR) is 85.3 cm³/mol. The Morgan fingerprint density at radius 1 is 1.18 bits per heavy atom. The van der Waals surface area contributed by atoms with Gasteiger partial charge < -0.3 is 14.7 Å². The first-order chi connectivity index (χ1) is 10.6. The van der Waals surface area contributed by atoms with Crippen molar-refractivity contribution in [2.75, 3.05) is 12.0 Å². The van der Waals surface area contributed by atoms with Crippen molar-refractivity contribution < 1.29 is 14.6 Å². The number of nitrogens with zero attached hydrogens (tertiary/aromatic N) is 1. The average Bonchev–Trinajstić information content (AvgIpc) is 2.83. The lowest BCUT2D eigenvalue weighted by atomic mass is 10.0. The Balaban J connectivity index is 2.01. The molecule has 4 nitrogen and oxygen atoms in total. The van der Waals surface area contributed by atoms with Crippen LogP contribution in [0.2, 0.25) is 5.02 Å². The van der Waals surface area contributed by atoms with Crippen LogP contribution in [0.1, 0.15) is 18.0 Å². The van der Waals surface area contributed by atoms with E-state index in [0.29, 0.717) is 22.9 Å². The number of benzene rings is 2. The molecule has 0 spiro atoms. The summed E-state index contributed by atoms with van der Waals surface area (Å²) < 4.78 is 5.14. The molecule has 2 aromatic rings. The van der Waals surface area contributed by atoms with Crippen LogP contribution >= 0.6 is 11.6 Å². The van der Waals surface area contributed by atoms with Crippen LogP contribution in [-0.2, 0) is 4.79 Å². The Morgan fingerprint density at radius 3 is 2.50 bits per heavy atom. The first kappa shape index (κ1) is 14.9. The normalized spacial score (nSPS) is 21.2. The molecule has 3 rings (SSSR count). The van der Waals surface area contributed by atoms with Crippen LogP contribution in [0.4, 0.5) is 5.69 Å². The van der Waals surface area contributed by atoms with E-state index in [1.165, 1.54) is 0 Å². The maximum absolute atomic E-state index is 12.4. The van der Waals surface area contributed by atoms with E-state index in [-0.39, 0.29) is 11.9 Å². The number of halogens is 1. The maximum atomic E-state index is 12.4. The molecule has 2 aromatic carbocycles. The average molecular weight is 318 g/mol. The molecule has 0 saturated carbocycles. The summed E-state index contributed by atoms with van der Waals surface area (Å²) in [5.74, 6) is 0.403. The van der Waals surface area contributed by atoms with E-state index in [1.807, 2.05) is 18.2 Å². The number of methoxy groups -OCH3 is 1. The van der Waals surface area contributed by atoms with Crippen molar-refractivity contribution in [3.05, 3.63) is 59.1 Å². The fourth-order valence-electron chi connectivity index (χ4n) is 2.79. The van der Waals surface area contributed by atoms with Crippen molar-refractivity contribution in [2.24, 2.45) is 0 Å². The monoisotopic (exact) mass is 317 g/mol. The van der Waals surface area contributed by atoms with Gasteiger partial charge in [-0.3, -0.25) is 4.79 Å². The number of amides is 1. The Hall–Kier alpha value is -2.04. The molecule has 1 saturated heterocycles. The molecule has 22 heavy (non-hydrogen) atoms. The summed E-state index contributed by atoms with van der Waals surface area (Å²) in [6.45, 7) is 0. The van der Waals surface area contributed by atoms with Crippen LogP contribution in [0.25, 0.3) is 0 Å². The fourth-order valence-corrected chi connectivity index (χ4v) is 3.05. The molecule has 1 N–H and O–H groups in total. The third-order valence-corrected chi connectivity index (χ3v) is 4.24. The van der Waals surface area contributed by atoms with E-state index >= 15 is 0 Å². The summed E-state index contributed by atoms with van der Waals surface area (Å²) in [6.07, 6.45) is -0.683. The lowest BCUT2D eigenvalue weighted by molar-refractivity contribution is -0.124. The van der Waals surface area contributed by atoms with Crippen LogP contribution in [0.3, 0.4) is 0 Å². The molecule has 0 bridgehead atoms. The lowest BCUT2D eigenvalue weighted by Gasteiger charge is -2.25. The van der Waals surface area contributed by atoms with E-state index < -0.39 is 6.10 Å². The molecule has 0 unspecified atom stereocenters. The predicted octanol–water partition coefficient (Wildman–Crippen LogP) is 3.19. The molecule has 0 radical (unpaired) electrons. The molecule has 1 aliphatic rings. The summed E-state index contributed by atoms with van der Waals surface area (Å²) in [5, 5.41) is 10.6. The number of ether oxygens (including phenoxy) is 1. The minimum atomic E-state index is -1.01. The maximum Gasteiger partial charge on any atom is 0.256 e. The Labute approximate surface area is 133 Å². The summed E-state index contributed by atoms with van der Waals surface area (Å²) >= 11 is 6.26. The number of hydrogen-bond donors (Lipinski definition) is 1. The quantitative estimate of drug-likeness (QED) is 0.946. The molecule has 1 fully saturated rings. The van der Waals surface area contributed by atoms with Crippen molar-refractivity contribution in [1.82, 2.24) is 0 Å². The van der Waals surface area contributed by atoms with Gasteiger partial charge in [-0.2, -0.15) is 0 Å². The number of hydrogen-bond acceptors (Lipinski definition) is 3.